The maximum atomic E-state index is 11.4. The van der Waals surface area contributed by atoms with Crippen LogP contribution in [0.25, 0.3) is 0 Å². The maximum Gasteiger partial charge on any atom is 0.314 e. The van der Waals surface area contributed by atoms with Crippen molar-refractivity contribution in [2.45, 2.75) is 27.2 Å². The molecule has 0 radical (unpaired) electrons. The Balaban J connectivity index is 2.11. The third-order valence-electron chi connectivity index (χ3n) is 2.02. The number of hydrogen-bond donors (Lipinski definition) is 3. The molecule has 2 amide bonds. The van der Waals surface area contributed by atoms with E-state index in [-0.39, 0.29) is 11.4 Å². The van der Waals surface area contributed by atoms with Crippen LogP contribution in [-0.4, -0.2) is 29.3 Å². The molecule has 5 nitrogen and oxygen atoms in total. The molecule has 3 N–H and O–H groups in total. The Bertz CT molecular complexity index is 313. The summed E-state index contributed by atoms with van der Waals surface area (Å²) in [5.74, 6) is 0. The van der Waals surface area contributed by atoms with Crippen molar-refractivity contribution < 1.29 is 4.79 Å². The van der Waals surface area contributed by atoms with Crippen molar-refractivity contribution >= 4 is 6.03 Å². The minimum atomic E-state index is -0.116. The van der Waals surface area contributed by atoms with E-state index < -0.39 is 0 Å². The van der Waals surface area contributed by atoms with E-state index in [2.05, 4.69) is 41.6 Å². The summed E-state index contributed by atoms with van der Waals surface area (Å²) < 4.78 is 0. The molecule has 16 heavy (non-hydrogen) atoms. The number of nitrogens with zero attached hydrogens (tertiary/aromatic N) is 1. The zero-order valence-corrected chi connectivity index (χ0v) is 10.1. The van der Waals surface area contributed by atoms with E-state index in [9.17, 15) is 4.79 Å². The lowest BCUT2D eigenvalue weighted by Gasteiger charge is -2.18. The standard InChI is InChI=1S/C11H20N4O/c1-11(2,3)8-13-10(16)12-6-4-9-5-7-14-15-9/h5,7H,4,6,8H2,1-3H3,(H,14,15)(H2,12,13,16). The first kappa shape index (κ1) is 12.5. The first-order valence-corrected chi connectivity index (χ1v) is 5.47. The van der Waals surface area contributed by atoms with Gasteiger partial charge in [-0.25, -0.2) is 4.79 Å². The average molecular weight is 224 g/mol. The van der Waals surface area contributed by atoms with Gasteiger partial charge >= 0.3 is 6.03 Å². The highest BCUT2D eigenvalue weighted by molar-refractivity contribution is 5.73. The first-order valence-electron chi connectivity index (χ1n) is 5.47. The largest absolute Gasteiger partial charge is 0.338 e. The van der Waals surface area contributed by atoms with Gasteiger partial charge < -0.3 is 10.6 Å². The fourth-order valence-electron chi connectivity index (χ4n) is 1.14. The van der Waals surface area contributed by atoms with Gasteiger partial charge in [0.2, 0.25) is 0 Å². The number of amides is 2. The quantitative estimate of drug-likeness (QED) is 0.721. The number of carbonyl (C=O) groups excluding carboxylic acids is 1. The van der Waals surface area contributed by atoms with Crippen LogP contribution in [0.4, 0.5) is 4.79 Å². The second-order valence-corrected chi connectivity index (χ2v) is 5.00. The Morgan fingerprint density at radius 2 is 2.19 bits per heavy atom. The van der Waals surface area contributed by atoms with Crippen molar-refractivity contribution in [2.75, 3.05) is 13.1 Å². The molecule has 0 saturated heterocycles. The minimum Gasteiger partial charge on any atom is -0.338 e. The van der Waals surface area contributed by atoms with Crippen LogP contribution in [-0.2, 0) is 6.42 Å². The maximum absolute atomic E-state index is 11.4. The normalized spacial score (nSPS) is 11.2. The van der Waals surface area contributed by atoms with Crippen molar-refractivity contribution in [3.63, 3.8) is 0 Å². The smallest absolute Gasteiger partial charge is 0.314 e. The lowest BCUT2D eigenvalue weighted by molar-refractivity contribution is 0.235. The van der Waals surface area contributed by atoms with Crippen molar-refractivity contribution in [2.24, 2.45) is 5.41 Å². The number of urea groups is 1. The van der Waals surface area contributed by atoms with Crippen LogP contribution >= 0.6 is 0 Å². The van der Waals surface area contributed by atoms with Gasteiger partial charge in [0.05, 0.1) is 0 Å². The van der Waals surface area contributed by atoms with E-state index in [1.165, 1.54) is 0 Å². The van der Waals surface area contributed by atoms with E-state index in [1.807, 2.05) is 6.07 Å². The number of aromatic nitrogens is 2. The summed E-state index contributed by atoms with van der Waals surface area (Å²) in [4.78, 5) is 11.4. The van der Waals surface area contributed by atoms with Crippen LogP contribution in [0.3, 0.4) is 0 Å². The molecule has 0 bridgehead atoms. The summed E-state index contributed by atoms with van der Waals surface area (Å²) in [5.41, 5.74) is 1.14. The summed E-state index contributed by atoms with van der Waals surface area (Å²) >= 11 is 0. The van der Waals surface area contributed by atoms with Gasteiger partial charge in [-0.1, -0.05) is 20.8 Å². The first-order chi connectivity index (χ1) is 7.47. The van der Waals surface area contributed by atoms with Crippen LogP contribution < -0.4 is 10.6 Å². The molecular formula is C11H20N4O. The molecule has 1 aromatic rings. The molecule has 0 spiro atoms. The van der Waals surface area contributed by atoms with Gasteiger partial charge in [-0.2, -0.15) is 5.10 Å². The predicted molar refractivity (Wildman–Crippen MR) is 63.1 cm³/mol. The van der Waals surface area contributed by atoms with Gasteiger partial charge in [-0.05, 0) is 11.5 Å². The highest BCUT2D eigenvalue weighted by atomic mass is 16.2. The molecule has 5 heteroatoms. The third-order valence-corrected chi connectivity index (χ3v) is 2.02. The van der Waals surface area contributed by atoms with Crippen LogP contribution in [0.5, 0.6) is 0 Å². The van der Waals surface area contributed by atoms with Gasteiger partial charge in [0.25, 0.3) is 0 Å². The van der Waals surface area contributed by atoms with Gasteiger partial charge in [-0.3, -0.25) is 5.10 Å². The van der Waals surface area contributed by atoms with Crippen molar-refractivity contribution in [1.29, 1.82) is 0 Å². The number of carbonyl (C=O) groups is 1. The fourth-order valence-corrected chi connectivity index (χ4v) is 1.14. The predicted octanol–water partition coefficient (Wildman–Crippen LogP) is 1.30. The summed E-state index contributed by atoms with van der Waals surface area (Å²) in [7, 11) is 0. The Hall–Kier alpha value is -1.52. The molecule has 0 aliphatic rings. The summed E-state index contributed by atoms with van der Waals surface area (Å²) in [6.07, 6.45) is 2.47. The van der Waals surface area contributed by atoms with E-state index in [0.717, 1.165) is 12.1 Å². The number of H-pyrrole nitrogens is 1. The molecule has 0 aliphatic heterocycles. The Morgan fingerprint density at radius 1 is 1.44 bits per heavy atom. The molecule has 0 unspecified atom stereocenters. The van der Waals surface area contributed by atoms with E-state index in [1.54, 1.807) is 6.20 Å². The van der Waals surface area contributed by atoms with E-state index in [4.69, 9.17) is 0 Å². The topological polar surface area (TPSA) is 69.8 Å². The molecule has 1 rings (SSSR count). The summed E-state index contributed by atoms with van der Waals surface area (Å²) in [5, 5.41) is 12.3. The van der Waals surface area contributed by atoms with Crippen LogP contribution in [0.2, 0.25) is 0 Å². The van der Waals surface area contributed by atoms with Crippen molar-refractivity contribution in [3.05, 3.63) is 18.0 Å². The molecule has 0 aliphatic carbocycles. The van der Waals surface area contributed by atoms with E-state index >= 15 is 0 Å². The van der Waals surface area contributed by atoms with Gasteiger partial charge in [0, 0.05) is 31.4 Å². The molecule has 0 atom stereocenters. The second kappa shape index (κ2) is 5.53. The number of hydrogen-bond acceptors (Lipinski definition) is 2. The van der Waals surface area contributed by atoms with Gasteiger partial charge in [0.15, 0.2) is 0 Å². The van der Waals surface area contributed by atoms with Crippen LogP contribution in [0, 0.1) is 5.41 Å². The summed E-state index contributed by atoms with van der Waals surface area (Å²) in [6.45, 7) is 7.52. The van der Waals surface area contributed by atoms with Crippen molar-refractivity contribution in [1.82, 2.24) is 20.8 Å². The monoisotopic (exact) mass is 224 g/mol. The van der Waals surface area contributed by atoms with E-state index in [0.29, 0.717) is 13.1 Å². The summed E-state index contributed by atoms with van der Waals surface area (Å²) in [6, 6.07) is 1.78. The Labute approximate surface area is 96.0 Å². The zero-order valence-electron chi connectivity index (χ0n) is 10.1. The lowest BCUT2D eigenvalue weighted by atomic mass is 9.97. The van der Waals surface area contributed by atoms with Crippen molar-refractivity contribution in [3.8, 4) is 0 Å². The fraction of sp³-hybridized carbons (Fsp3) is 0.636. The molecule has 1 aromatic heterocycles. The molecule has 0 fully saturated rings. The Kier molecular flexibility index (Phi) is 4.34. The highest BCUT2D eigenvalue weighted by Crippen LogP contribution is 2.09. The number of nitrogens with one attached hydrogen (secondary N) is 3. The average Bonchev–Trinajstić information content (AvgIpc) is 2.66. The van der Waals surface area contributed by atoms with Crippen LogP contribution in [0.1, 0.15) is 26.5 Å². The molecule has 0 aromatic carbocycles. The number of rotatable bonds is 4. The number of aromatic amines is 1. The van der Waals surface area contributed by atoms with Gasteiger partial charge in [-0.15, -0.1) is 0 Å². The molecular weight excluding hydrogens is 204 g/mol. The van der Waals surface area contributed by atoms with Gasteiger partial charge in [0.1, 0.15) is 0 Å². The van der Waals surface area contributed by atoms with Crippen LogP contribution in [0.15, 0.2) is 12.3 Å². The SMILES string of the molecule is CC(C)(C)CNC(=O)NCCc1ccn[nH]1. The molecule has 90 valence electrons. The second-order valence-electron chi connectivity index (χ2n) is 5.00. The molecule has 0 saturated carbocycles. The third kappa shape index (κ3) is 5.38. The Morgan fingerprint density at radius 3 is 2.75 bits per heavy atom. The zero-order chi connectivity index (χ0) is 12.0. The minimum absolute atomic E-state index is 0.112. The molecule has 1 heterocycles. The lowest BCUT2D eigenvalue weighted by Crippen LogP contribution is -2.40. The highest BCUT2D eigenvalue weighted by Gasteiger charge is 2.11.